The van der Waals surface area contributed by atoms with Crippen LogP contribution in [0.1, 0.15) is 228 Å². The second-order valence-electron chi connectivity index (χ2n) is 28.1. The lowest BCUT2D eigenvalue weighted by Crippen LogP contribution is -2.23. The molecule has 22 heteroatoms. The number of aliphatic hydroxyl groups excluding tert-OH is 2. The number of phenols is 1. The predicted molar refractivity (Wildman–Crippen MR) is 477 cm³/mol. The summed E-state index contributed by atoms with van der Waals surface area (Å²) in [6.45, 7) is 9.52. The standard InChI is InChI=1S/C19H14Br2O3.C19H17BrO3.C19H16O3.C10H11BrO.C10H10O2.C9H9BrO2.C7H6BrIO/c20-8-17(22)11-1-3-13-12(5-11)9-24-18-7-14-10(6-15(13)18)2-4-16(21)19(14)23;1-12(21)14-6-8-18(20)15(9-14)11-23-16-7-5-13-3-2-4-19(22)17(13)10-16;1-11(20)12-5-6-15-14(7-12)10-22-19-9-16-13(8-17(15)19)3-2-4-18(16)21;1-3-8-6-9(7(2)12)4-5-10(8)11;11-8-5-4-7-2-1-3-10(12)9(7)6-8;1-6(12)7-2-3-9(10)8(4-7)5-11;8-7-2-1-6(9)3-5(7)4-10/h1,3,5-7,16H,2,4,8-9H2;5-10H,2-4,11H2,1H3;5-9H,2-4,10H2,1H3;4-6H,3H2,1-2H3;4-6,11H,1-3H2;2-4,11H,5H2,1H3;1-3,10H,4H2. The van der Waals surface area contributed by atoms with Crippen molar-refractivity contribution in [3.63, 3.8) is 0 Å². The molecule has 2 heterocycles. The molecule has 1 unspecified atom stereocenters. The molecule has 10 aromatic rings. The van der Waals surface area contributed by atoms with Crippen LogP contribution in [0.2, 0.25) is 0 Å². The summed E-state index contributed by atoms with van der Waals surface area (Å²) >= 11 is 22.4. The number of aryl methyl sites for hydroxylation is 5. The smallest absolute Gasteiger partial charge is 0.176 e. The lowest BCUT2D eigenvalue weighted by Gasteiger charge is -2.26. The van der Waals surface area contributed by atoms with E-state index in [1.54, 1.807) is 57.2 Å². The van der Waals surface area contributed by atoms with Gasteiger partial charge in [0.25, 0.3) is 0 Å². The second kappa shape index (κ2) is 41.9. The number of aliphatic hydroxyl groups is 2. The SMILES string of the molecule is CC(=O)c1ccc(Br)c(CO)c1.CC(=O)c1ccc(Br)c(COc2ccc3c(c2)C(=O)CCC3)c1.CC(=O)c1ccc2c(c1)COc1cc3c(cc1-2)CCCC3=O.CCc1cc(C(C)=O)ccc1Br.O=C(CBr)c1ccc2c(c1)COc1cc3c(cc1-2)CCC(Br)C3=O.O=C1CCCc2ccc(O)cc21.OCc1cc(I)ccc1Br. The average molecular weight is 2050 g/mol. The number of ether oxygens (including phenoxy) is 3. The van der Waals surface area contributed by atoms with Crippen LogP contribution < -0.4 is 14.2 Å². The molecule has 0 aromatic heterocycles. The molecule has 3 N–H and O–H groups in total. The number of halogens is 7. The fourth-order valence-corrected chi connectivity index (χ4v) is 16.7. The number of aromatic hydroxyl groups is 1. The Balaban J connectivity index is 0.000000146. The highest BCUT2D eigenvalue weighted by Gasteiger charge is 2.30. The molecule has 0 fully saturated rings. The first-order valence-corrected chi connectivity index (χ1v) is 43.7. The summed E-state index contributed by atoms with van der Waals surface area (Å²) in [6.07, 6.45) is 10.1. The van der Waals surface area contributed by atoms with Gasteiger partial charge in [-0.3, -0.25) is 43.2 Å². The maximum atomic E-state index is 12.4. The van der Waals surface area contributed by atoms with Crippen molar-refractivity contribution in [3.8, 4) is 45.3 Å². The molecule has 2 aliphatic heterocycles. The first-order chi connectivity index (χ1) is 55.1. The number of alkyl halides is 2. The van der Waals surface area contributed by atoms with E-state index in [0.29, 0.717) is 78.0 Å². The summed E-state index contributed by atoms with van der Waals surface area (Å²) in [4.78, 5) is 104. The Morgan fingerprint density at radius 3 is 1.36 bits per heavy atom. The van der Waals surface area contributed by atoms with E-state index in [0.717, 1.165) is 185 Å². The van der Waals surface area contributed by atoms with Crippen LogP contribution in [-0.2, 0) is 65.1 Å². The molecule has 0 saturated carbocycles. The third-order valence-corrected chi connectivity index (χ3v) is 25.3. The molecule has 6 aliphatic rings. The van der Waals surface area contributed by atoms with E-state index in [2.05, 4.69) is 137 Å². The zero-order valence-electron chi connectivity index (χ0n) is 63.9. The topological polar surface area (TPSA) is 242 Å². The molecule has 10 aromatic carbocycles. The zero-order chi connectivity index (χ0) is 82.9. The van der Waals surface area contributed by atoms with Gasteiger partial charge in [0.15, 0.2) is 52.0 Å². The van der Waals surface area contributed by atoms with Gasteiger partial charge in [-0.2, -0.15) is 0 Å². The maximum Gasteiger partial charge on any atom is 0.176 e. The van der Waals surface area contributed by atoms with Gasteiger partial charge in [-0.25, -0.2) is 0 Å². The van der Waals surface area contributed by atoms with Gasteiger partial charge in [0.05, 0.1) is 23.4 Å². The van der Waals surface area contributed by atoms with Crippen molar-refractivity contribution in [2.75, 3.05) is 5.33 Å². The molecular formula is C93H83Br6IO15. The van der Waals surface area contributed by atoms with Crippen molar-refractivity contribution < 1.29 is 72.7 Å². The quantitative estimate of drug-likeness (QED) is 0.0585. The highest BCUT2D eigenvalue weighted by molar-refractivity contribution is 14.1. The first kappa shape index (κ1) is 89.3. The molecule has 16 rings (SSSR count). The maximum absolute atomic E-state index is 12.4. The number of benzene rings is 10. The van der Waals surface area contributed by atoms with E-state index >= 15 is 0 Å². The van der Waals surface area contributed by atoms with Crippen LogP contribution in [0.4, 0.5) is 0 Å². The summed E-state index contributed by atoms with van der Waals surface area (Å²) in [5.41, 5.74) is 20.9. The van der Waals surface area contributed by atoms with Gasteiger partial charge < -0.3 is 29.5 Å². The number of rotatable bonds is 12. The first-order valence-electron chi connectivity index (χ1n) is 37.4. The van der Waals surface area contributed by atoms with Gasteiger partial charge >= 0.3 is 0 Å². The van der Waals surface area contributed by atoms with Crippen LogP contribution in [0, 0.1) is 3.57 Å². The van der Waals surface area contributed by atoms with Crippen molar-refractivity contribution >= 4 is 170 Å². The number of hydrogen-bond acceptors (Lipinski definition) is 15. The molecular weight excluding hydrogens is 1960 g/mol. The van der Waals surface area contributed by atoms with E-state index in [1.807, 2.05) is 121 Å². The summed E-state index contributed by atoms with van der Waals surface area (Å²) in [5.74, 6) is 3.36. The normalized spacial score (nSPS) is 14.1. The van der Waals surface area contributed by atoms with Crippen molar-refractivity contribution in [1.82, 2.24) is 0 Å². The highest BCUT2D eigenvalue weighted by Crippen LogP contribution is 2.44. The Hall–Kier alpha value is -8.04. The van der Waals surface area contributed by atoms with Crippen LogP contribution in [0.15, 0.2) is 188 Å². The molecule has 0 bridgehead atoms. The molecule has 4 aliphatic carbocycles. The number of fused-ring (bicyclic) bond motifs is 10. The molecule has 0 radical (unpaired) electrons. The Kier molecular flexibility index (Phi) is 32.5. The number of phenolic OH excluding ortho intramolecular Hbond substituents is 1. The van der Waals surface area contributed by atoms with Crippen LogP contribution in [-0.4, -0.2) is 77.5 Å². The lowest BCUT2D eigenvalue weighted by molar-refractivity contribution is 0.0964. The van der Waals surface area contributed by atoms with Gasteiger partial charge in [-0.05, 0) is 285 Å². The van der Waals surface area contributed by atoms with Gasteiger partial charge in [-0.1, -0.05) is 157 Å². The molecule has 1 atom stereocenters. The van der Waals surface area contributed by atoms with Crippen molar-refractivity contribution in [3.05, 3.63) is 297 Å². The molecule has 594 valence electrons. The van der Waals surface area contributed by atoms with Gasteiger partial charge in [-0.15, -0.1) is 0 Å². The molecule has 0 amide bonds. The minimum atomic E-state index is -0.100. The molecule has 15 nitrogen and oxygen atoms in total. The number of hydrogen-bond donors (Lipinski definition) is 3. The summed E-state index contributed by atoms with van der Waals surface area (Å²) in [5, 5.41) is 27.2. The van der Waals surface area contributed by atoms with Crippen LogP contribution in [0.25, 0.3) is 22.3 Å². The van der Waals surface area contributed by atoms with E-state index in [-0.39, 0.29) is 75.8 Å². The highest BCUT2D eigenvalue weighted by atomic mass is 127. The minimum Gasteiger partial charge on any atom is -0.508 e. The van der Waals surface area contributed by atoms with Crippen LogP contribution in [0.5, 0.6) is 23.0 Å². The Morgan fingerprint density at radius 1 is 0.426 bits per heavy atom. The van der Waals surface area contributed by atoms with Gasteiger partial charge in [0, 0.05) is 107 Å². The number of carbonyl (C=O) groups excluding carboxylic acids is 9. The third-order valence-electron chi connectivity index (χ3n) is 20.1. The minimum absolute atomic E-state index is 0.0113. The Morgan fingerprint density at radius 2 is 0.843 bits per heavy atom. The number of Topliss-reactive ketones (excluding diaryl/α,β-unsaturated/α-hetero) is 9. The molecule has 115 heavy (non-hydrogen) atoms. The Bertz CT molecular complexity index is 5370. The molecule has 0 saturated heterocycles. The second-order valence-corrected chi connectivity index (χ2v) is 34.4. The fraction of sp³-hybridized carbons (Fsp3) is 0.258. The number of carbonyl (C=O) groups is 9. The average Bonchev–Trinajstić information content (AvgIpc) is 0.764. The Labute approximate surface area is 733 Å². The number of ketones is 9. The summed E-state index contributed by atoms with van der Waals surface area (Å²) in [7, 11) is 0. The van der Waals surface area contributed by atoms with Crippen LogP contribution in [0.3, 0.4) is 0 Å². The van der Waals surface area contributed by atoms with Gasteiger partial charge in [0.1, 0.15) is 42.8 Å². The predicted octanol–water partition coefficient (Wildman–Crippen LogP) is 23.2. The summed E-state index contributed by atoms with van der Waals surface area (Å²) < 4.78 is 22.5. The lowest BCUT2D eigenvalue weighted by atomic mass is 9.85. The monoisotopic (exact) mass is 2040 g/mol. The fourth-order valence-electron chi connectivity index (χ4n) is 13.7. The largest absolute Gasteiger partial charge is 0.508 e. The third kappa shape index (κ3) is 23.2. The van der Waals surface area contributed by atoms with Crippen molar-refractivity contribution in [2.24, 2.45) is 0 Å². The zero-order valence-corrected chi connectivity index (χ0v) is 75.5. The van der Waals surface area contributed by atoms with E-state index in [4.69, 9.17) is 29.5 Å². The van der Waals surface area contributed by atoms with Gasteiger partial charge in [0.2, 0.25) is 0 Å². The van der Waals surface area contributed by atoms with E-state index in [9.17, 15) is 43.2 Å². The van der Waals surface area contributed by atoms with Crippen molar-refractivity contribution in [2.45, 2.75) is 150 Å². The van der Waals surface area contributed by atoms with E-state index in [1.165, 1.54) is 12.5 Å². The van der Waals surface area contributed by atoms with Crippen molar-refractivity contribution in [1.29, 1.82) is 0 Å². The van der Waals surface area contributed by atoms with E-state index < -0.39 is 0 Å². The summed E-state index contributed by atoms with van der Waals surface area (Å²) in [6, 6.07) is 52.4. The molecule has 0 spiro atoms. The van der Waals surface area contributed by atoms with Crippen LogP contribution >= 0.6 is 118 Å².